The molecule has 8 nitrogen and oxygen atoms in total. The van der Waals surface area contributed by atoms with Crippen LogP contribution in [0.2, 0.25) is 0 Å². The highest BCUT2D eigenvalue weighted by Gasteiger charge is 2.34. The monoisotopic (exact) mass is 435 g/mol. The molecule has 1 heterocycles. The fraction of sp³-hybridized carbons (Fsp3) is 0.545. The number of ether oxygens (including phenoxy) is 1. The van der Waals surface area contributed by atoms with Crippen LogP contribution in [0.4, 0.5) is 10.1 Å². The summed E-state index contributed by atoms with van der Waals surface area (Å²) in [6, 6.07) is 4.45. The molecule has 1 aliphatic rings. The summed E-state index contributed by atoms with van der Waals surface area (Å²) in [6.07, 6.45) is 2.34. The van der Waals surface area contributed by atoms with Gasteiger partial charge in [-0.1, -0.05) is 13.8 Å². The normalized spacial score (nSPS) is 16.1. The molecule has 1 fully saturated rings. The van der Waals surface area contributed by atoms with Gasteiger partial charge in [-0.15, -0.1) is 0 Å². The van der Waals surface area contributed by atoms with Crippen molar-refractivity contribution in [1.82, 2.24) is 4.90 Å². The third-order valence-electron chi connectivity index (χ3n) is 5.04. The van der Waals surface area contributed by atoms with Crippen LogP contribution in [0.1, 0.15) is 46.0 Å². The molecule has 0 radical (unpaired) electrons. The van der Waals surface area contributed by atoms with Crippen molar-refractivity contribution in [3.05, 3.63) is 30.1 Å². The van der Waals surface area contributed by atoms with Gasteiger partial charge < -0.3 is 20.3 Å². The second-order valence-corrected chi connectivity index (χ2v) is 8.04. The molecule has 1 aliphatic heterocycles. The van der Waals surface area contributed by atoms with E-state index in [4.69, 9.17) is 10.5 Å². The molecule has 1 unspecified atom stereocenters. The van der Waals surface area contributed by atoms with E-state index in [-0.39, 0.29) is 24.8 Å². The minimum absolute atomic E-state index is 0.0280. The Kier molecular flexibility index (Phi) is 8.96. The number of nitrogens with two attached hydrogens (primary N) is 1. The van der Waals surface area contributed by atoms with Crippen LogP contribution in [-0.2, 0) is 23.9 Å². The standard InChI is InChI=1S/C22H30FN3O5/c1-15(2)13-20(28)26-11-4-3-5-18(26)22(30)31-14-21(29)25(12-10-19(24)27)17-8-6-16(23)7-9-17/h6-9,15,18H,3-5,10-14H2,1-2H3,(H2,24,27). The van der Waals surface area contributed by atoms with Gasteiger partial charge in [-0.2, -0.15) is 0 Å². The molecule has 0 bridgehead atoms. The summed E-state index contributed by atoms with van der Waals surface area (Å²) in [5.74, 6) is -2.20. The zero-order chi connectivity index (χ0) is 23.0. The number of halogens is 1. The maximum absolute atomic E-state index is 13.2. The molecule has 2 rings (SSSR count). The smallest absolute Gasteiger partial charge is 0.329 e. The molecule has 1 saturated heterocycles. The fourth-order valence-corrected chi connectivity index (χ4v) is 3.49. The maximum atomic E-state index is 13.2. The van der Waals surface area contributed by atoms with Gasteiger partial charge in [0.25, 0.3) is 5.91 Å². The van der Waals surface area contributed by atoms with Gasteiger partial charge >= 0.3 is 5.97 Å². The summed E-state index contributed by atoms with van der Waals surface area (Å²) in [6.45, 7) is 3.77. The van der Waals surface area contributed by atoms with Crippen molar-refractivity contribution >= 4 is 29.4 Å². The molecule has 0 saturated carbocycles. The van der Waals surface area contributed by atoms with Crippen LogP contribution in [0, 0.1) is 11.7 Å². The predicted molar refractivity (Wildman–Crippen MR) is 112 cm³/mol. The Bertz CT molecular complexity index is 797. The van der Waals surface area contributed by atoms with Gasteiger partial charge in [0, 0.05) is 31.6 Å². The Labute approximate surface area is 181 Å². The molecule has 1 atom stereocenters. The number of anilines is 1. The van der Waals surface area contributed by atoms with Gasteiger partial charge in [-0.25, -0.2) is 9.18 Å². The van der Waals surface area contributed by atoms with Crippen molar-refractivity contribution in [2.24, 2.45) is 11.7 Å². The fourth-order valence-electron chi connectivity index (χ4n) is 3.49. The summed E-state index contributed by atoms with van der Waals surface area (Å²) in [4.78, 5) is 51.8. The molecule has 170 valence electrons. The summed E-state index contributed by atoms with van der Waals surface area (Å²) < 4.78 is 18.5. The summed E-state index contributed by atoms with van der Waals surface area (Å²) in [7, 11) is 0. The predicted octanol–water partition coefficient (Wildman–Crippen LogP) is 2.00. The highest BCUT2D eigenvalue weighted by Crippen LogP contribution is 2.21. The number of esters is 1. The Morgan fingerprint density at radius 2 is 1.87 bits per heavy atom. The molecular weight excluding hydrogens is 405 g/mol. The van der Waals surface area contributed by atoms with E-state index in [1.807, 2.05) is 13.8 Å². The first-order valence-corrected chi connectivity index (χ1v) is 10.5. The molecular formula is C22H30FN3O5. The number of primary amides is 1. The van der Waals surface area contributed by atoms with Gasteiger partial charge in [0.1, 0.15) is 11.9 Å². The largest absolute Gasteiger partial charge is 0.454 e. The topological polar surface area (TPSA) is 110 Å². The first-order valence-electron chi connectivity index (χ1n) is 10.5. The molecule has 0 spiro atoms. The highest BCUT2D eigenvalue weighted by molar-refractivity contribution is 5.96. The van der Waals surface area contributed by atoms with Crippen LogP contribution in [0.15, 0.2) is 24.3 Å². The number of carbonyl (C=O) groups excluding carboxylic acids is 4. The van der Waals surface area contributed by atoms with Crippen molar-refractivity contribution < 1.29 is 28.3 Å². The van der Waals surface area contributed by atoms with E-state index in [0.717, 1.165) is 12.8 Å². The molecule has 0 aliphatic carbocycles. The average Bonchev–Trinajstić information content (AvgIpc) is 2.72. The number of hydrogen-bond acceptors (Lipinski definition) is 5. The summed E-state index contributed by atoms with van der Waals surface area (Å²) in [5, 5.41) is 0. The quantitative estimate of drug-likeness (QED) is 0.597. The van der Waals surface area contributed by atoms with E-state index in [1.165, 1.54) is 29.2 Å². The minimum atomic E-state index is -0.710. The maximum Gasteiger partial charge on any atom is 0.329 e. The Hall–Kier alpha value is -2.97. The summed E-state index contributed by atoms with van der Waals surface area (Å²) in [5.41, 5.74) is 5.54. The van der Waals surface area contributed by atoms with E-state index < -0.39 is 36.2 Å². The van der Waals surface area contributed by atoms with Crippen LogP contribution in [0.25, 0.3) is 0 Å². The van der Waals surface area contributed by atoms with E-state index in [2.05, 4.69) is 0 Å². The molecule has 9 heteroatoms. The van der Waals surface area contributed by atoms with Crippen LogP contribution in [0.5, 0.6) is 0 Å². The Balaban J connectivity index is 2.04. The second kappa shape index (κ2) is 11.4. The third kappa shape index (κ3) is 7.34. The molecule has 3 amide bonds. The lowest BCUT2D eigenvalue weighted by atomic mass is 10.0. The molecule has 1 aromatic carbocycles. The van der Waals surface area contributed by atoms with Gasteiger partial charge in [0.15, 0.2) is 6.61 Å². The first kappa shape index (κ1) is 24.3. The minimum Gasteiger partial charge on any atom is -0.454 e. The zero-order valence-corrected chi connectivity index (χ0v) is 18.0. The number of rotatable bonds is 9. The third-order valence-corrected chi connectivity index (χ3v) is 5.04. The number of hydrogen-bond donors (Lipinski definition) is 1. The molecule has 1 aromatic rings. The summed E-state index contributed by atoms with van der Waals surface area (Å²) >= 11 is 0. The molecule has 0 aromatic heterocycles. The lowest BCUT2D eigenvalue weighted by Gasteiger charge is -2.34. The van der Waals surface area contributed by atoms with Crippen molar-refractivity contribution in [3.8, 4) is 0 Å². The van der Waals surface area contributed by atoms with Crippen LogP contribution in [-0.4, -0.2) is 54.3 Å². The van der Waals surface area contributed by atoms with E-state index >= 15 is 0 Å². The van der Waals surface area contributed by atoms with Crippen LogP contribution >= 0.6 is 0 Å². The lowest BCUT2D eigenvalue weighted by molar-refractivity contribution is -0.159. The van der Waals surface area contributed by atoms with Gasteiger partial charge in [-0.3, -0.25) is 14.4 Å². The van der Waals surface area contributed by atoms with Crippen molar-refractivity contribution in [1.29, 1.82) is 0 Å². The number of amides is 3. The SMILES string of the molecule is CC(C)CC(=O)N1CCCCC1C(=O)OCC(=O)N(CCC(N)=O)c1ccc(F)cc1. The second-order valence-electron chi connectivity index (χ2n) is 8.04. The Morgan fingerprint density at radius 1 is 1.19 bits per heavy atom. The highest BCUT2D eigenvalue weighted by atomic mass is 19.1. The van der Waals surface area contributed by atoms with Crippen LogP contribution in [0.3, 0.4) is 0 Å². The average molecular weight is 435 g/mol. The van der Waals surface area contributed by atoms with Gasteiger partial charge in [0.05, 0.1) is 0 Å². The molecule has 31 heavy (non-hydrogen) atoms. The zero-order valence-electron chi connectivity index (χ0n) is 18.0. The number of piperidine rings is 1. The van der Waals surface area contributed by atoms with E-state index in [0.29, 0.717) is 25.1 Å². The van der Waals surface area contributed by atoms with Gasteiger partial charge in [0.2, 0.25) is 11.8 Å². The van der Waals surface area contributed by atoms with E-state index in [1.54, 1.807) is 4.90 Å². The van der Waals surface area contributed by atoms with E-state index in [9.17, 15) is 23.6 Å². The van der Waals surface area contributed by atoms with Crippen molar-refractivity contribution in [2.45, 2.75) is 52.0 Å². The molecule has 2 N–H and O–H groups in total. The lowest BCUT2D eigenvalue weighted by Crippen LogP contribution is -2.49. The van der Waals surface area contributed by atoms with Crippen molar-refractivity contribution in [2.75, 3.05) is 24.6 Å². The number of nitrogens with zero attached hydrogens (tertiary/aromatic N) is 2. The number of benzene rings is 1. The van der Waals surface area contributed by atoms with Crippen LogP contribution < -0.4 is 10.6 Å². The van der Waals surface area contributed by atoms with Crippen molar-refractivity contribution in [3.63, 3.8) is 0 Å². The number of carbonyl (C=O) groups is 4. The van der Waals surface area contributed by atoms with Gasteiger partial charge in [-0.05, 0) is 49.4 Å². The Morgan fingerprint density at radius 3 is 2.48 bits per heavy atom. The number of likely N-dealkylation sites (tertiary alicyclic amines) is 1. The first-order chi connectivity index (χ1) is 14.7.